The number of benzene rings is 1. The Labute approximate surface area is 201 Å². The van der Waals surface area contributed by atoms with Gasteiger partial charge in [-0.3, -0.25) is 0 Å². The van der Waals surface area contributed by atoms with E-state index in [1.807, 2.05) is 24.7 Å². The second-order valence-electron chi connectivity index (χ2n) is 7.97. The molecule has 166 valence electrons. The maximum Gasteiger partial charge on any atom is 0.226 e. The average molecular weight is 534 g/mol. The van der Waals surface area contributed by atoms with E-state index in [0.29, 0.717) is 24.4 Å². The van der Waals surface area contributed by atoms with Crippen molar-refractivity contribution >= 4 is 29.9 Å². The first-order valence-electron chi connectivity index (χ1n) is 10.7. The third kappa shape index (κ3) is 5.66. The maximum atomic E-state index is 5.68. The fraction of sp³-hybridized carbons (Fsp3) is 0.435. The number of hydrogen-bond acceptors (Lipinski definition) is 4. The lowest BCUT2D eigenvalue weighted by Crippen LogP contribution is -2.49. The van der Waals surface area contributed by atoms with Gasteiger partial charge in [-0.2, -0.15) is 0 Å². The van der Waals surface area contributed by atoms with Crippen LogP contribution < -0.4 is 5.32 Å². The minimum atomic E-state index is 0. The first kappa shape index (κ1) is 23.3. The van der Waals surface area contributed by atoms with Crippen LogP contribution in [0, 0.1) is 12.8 Å². The highest BCUT2D eigenvalue weighted by Crippen LogP contribution is 2.27. The summed E-state index contributed by atoms with van der Waals surface area (Å²) in [5.74, 6) is 2.16. The summed E-state index contributed by atoms with van der Waals surface area (Å²) in [7, 11) is 0. The summed E-state index contributed by atoms with van der Waals surface area (Å²) < 4.78 is 7.90. The molecule has 1 aromatic carbocycles. The number of aliphatic imine (C=N–C) groups is 1. The number of nitrogens with one attached hydrogen (secondary N) is 1. The summed E-state index contributed by atoms with van der Waals surface area (Å²) in [4.78, 5) is 16.0. The van der Waals surface area contributed by atoms with Crippen LogP contribution in [-0.2, 0) is 6.54 Å². The molecule has 2 atom stereocenters. The molecule has 1 aliphatic heterocycles. The largest absolute Gasteiger partial charge is 0.444 e. The molecule has 0 aliphatic carbocycles. The molecule has 31 heavy (non-hydrogen) atoms. The highest BCUT2D eigenvalue weighted by Gasteiger charge is 2.28. The Balaban J connectivity index is 0.00000272. The van der Waals surface area contributed by atoms with Crippen LogP contribution in [0.1, 0.15) is 37.6 Å². The van der Waals surface area contributed by atoms with E-state index in [-0.39, 0.29) is 24.0 Å². The number of aryl methyl sites for hydroxylation is 1. The van der Waals surface area contributed by atoms with Gasteiger partial charge in [0.25, 0.3) is 0 Å². The second kappa shape index (κ2) is 10.8. The van der Waals surface area contributed by atoms with Crippen LogP contribution in [0.25, 0.3) is 11.5 Å². The molecule has 0 amide bonds. The molecular formula is C23H31IN6O. The van der Waals surface area contributed by atoms with Crippen molar-refractivity contribution in [3.05, 3.63) is 60.5 Å². The molecule has 0 saturated carbocycles. The van der Waals surface area contributed by atoms with E-state index < -0.39 is 0 Å². The summed E-state index contributed by atoms with van der Waals surface area (Å²) >= 11 is 0. The van der Waals surface area contributed by atoms with Crippen LogP contribution in [0.5, 0.6) is 0 Å². The quantitative estimate of drug-likeness (QED) is 0.296. The predicted octanol–water partition coefficient (Wildman–Crippen LogP) is 4.51. The standard InChI is InChI=1S/C23H30N6O.HI/c1-4-25-23(28-11-9-18(3)21(14-28)29-12-10-24-16-29)26-13-20-15-30-22(27-20)19-7-5-17(2)6-8-19;/h5-8,10,12,15-16,18,21H,4,9,11,13-14H2,1-3H3,(H,25,26);1H. The third-order valence-electron chi connectivity index (χ3n) is 5.70. The highest BCUT2D eigenvalue weighted by atomic mass is 127. The number of oxazole rings is 1. The number of likely N-dealkylation sites (tertiary alicyclic amines) is 1. The molecule has 2 aromatic heterocycles. The summed E-state index contributed by atoms with van der Waals surface area (Å²) in [6.45, 7) is 9.70. The van der Waals surface area contributed by atoms with Crippen LogP contribution in [0.15, 0.2) is 58.7 Å². The zero-order valence-electron chi connectivity index (χ0n) is 18.4. The summed E-state index contributed by atoms with van der Waals surface area (Å²) in [6, 6.07) is 8.58. The molecule has 7 nitrogen and oxygen atoms in total. The van der Waals surface area contributed by atoms with Gasteiger partial charge in [-0.15, -0.1) is 24.0 Å². The zero-order valence-corrected chi connectivity index (χ0v) is 20.7. The SMILES string of the molecule is CCNC(=NCc1coc(-c2ccc(C)cc2)n1)N1CCC(C)C(n2ccnc2)C1.I. The molecule has 8 heteroatoms. The van der Waals surface area contributed by atoms with E-state index in [2.05, 4.69) is 63.9 Å². The van der Waals surface area contributed by atoms with Crippen LogP contribution in [0.3, 0.4) is 0 Å². The highest BCUT2D eigenvalue weighted by molar-refractivity contribution is 14.0. The lowest BCUT2D eigenvalue weighted by atomic mass is 9.93. The molecule has 1 aliphatic rings. The molecule has 0 bridgehead atoms. The van der Waals surface area contributed by atoms with Crippen molar-refractivity contribution in [2.75, 3.05) is 19.6 Å². The van der Waals surface area contributed by atoms with Gasteiger partial charge in [0, 0.05) is 37.6 Å². The lowest BCUT2D eigenvalue weighted by Gasteiger charge is -2.39. The number of aromatic nitrogens is 3. The van der Waals surface area contributed by atoms with Gasteiger partial charge >= 0.3 is 0 Å². The molecule has 1 saturated heterocycles. The van der Waals surface area contributed by atoms with Gasteiger partial charge < -0.3 is 19.2 Å². The van der Waals surface area contributed by atoms with Gasteiger partial charge in [-0.25, -0.2) is 15.0 Å². The van der Waals surface area contributed by atoms with Crippen LogP contribution in [0.4, 0.5) is 0 Å². The summed E-state index contributed by atoms with van der Waals surface area (Å²) in [6.07, 6.45) is 8.64. The number of piperidine rings is 1. The molecule has 0 radical (unpaired) electrons. The summed E-state index contributed by atoms with van der Waals surface area (Å²) in [5.41, 5.74) is 3.03. The number of guanidine groups is 1. The van der Waals surface area contributed by atoms with E-state index in [0.717, 1.165) is 43.3 Å². The topological polar surface area (TPSA) is 71.5 Å². The number of rotatable bonds is 5. The fourth-order valence-electron chi connectivity index (χ4n) is 3.89. The Bertz CT molecular complexity index is 966. The average Bonchev–Trinajstić information content (AvgIpc) is 3.45. The first-order chi connectivity index (χ1) is 14.6. The van der Waals surface area contributed by atoms with Crippen LogP contribution in [0.2, 0.25) is 0 Å². The van der Waals surface area contributed by atoms with Gasteiger partial charge in [-0.05, 0) is 38.3 Å². The van der Waals surface area contributed by atoms with Gasteiger partial charge in [0.05, 0.1) is 18.9 Å². The molecule has 3 aromatic rings. The van der Waals surface area contributed by atoms with Gasteiger partial charge in [0.15, 0.2) is 5.96 Å². The van der Waals surface area contributed by atoms with Crippen molar-refractivity contribution in [1.29, 1.82) is 0 Å². The molecule has 3 heterocycles. The van der Waals surface area contributed by atoms with Crippen molar-refractivity contribution in [1.82, 2.24) is 24.8 Å². The molecule has 0 spiro atoms. The molecule has 1 fully saturated rings. The van der Waals surface area contributed by atoms with E-state index in [1.165, 1.54) is 5.56 Å². The monoisotopic (exact) mass is 534 g/mol. The number of imidazole rings is 1. The van der Waals surface area contributed by atoms with Crippen molar-refractivity contribution in [2.24, 2.45) is 10.9 Å². The Kier molecular flexibility index (Phi) is 8.11. The van der Waals surface area contributed by atoms with E-state index in [9.17, 15) is 0 Å². The maximum absolute atomic E-state index is 5.68. The van der Waals surface area contributed by atoms with Crippen molar-refractivity contribution < 1.29 is 4.42 Å². The molecule has 1 N–H and O–H groups in total. The zero-order chi connectivity index (χ0) is 20.9. The van der Waals surface area contributed by atoms with Gasteiger partial charge in [-0.1, -0.05) is 24.6 Å². The number of nitrogens with zero attached hydrogens (tertiary/aromatic N) is 5. The molecular weight excluding hydrogens is 503 g/mol. The summed E-state index contributed by atoms with van der Waals surface area (Å²) in [5, 5.41) is 3.44. The Morgan fingerprint density at radius 3 is 2.81 bits per heavy atom. The van der Waals surface area contributed by atoms with Crippen molar-refractivity contribution in [3.63, 3.8) is 0 Å². The number of hydrogen-bond donors (Lipinski definition) is 1. The normalized spacial score (nSPS) is 19.2. The Morgan fingerprint density at radius 2 is 2.10 bits per heavy atom. The van der Waals surface area contributed by atoms with Gasteiger partial charge in [0.1, 0.15) is 12.0 Å². The molecule has 4 rings (SSSR count). The van der Waals surface area contributed by atoms with E-state index >= 15 is 0 Å². The number of halogens is 1. The van der Waals surface area contributed by atoms with Crippen LogP contribution >= 0.6 is 24.0 Å². The fourth-order valence-corrected chi connectivity index (χ4v) is 3.89. The van der Waals surface area contributed by atoms with E-state index in [4.69, 9.17) is 9.41 Å². The second-order valence-corrected chi connectivity index (χ2v) is 7.97. The van der Waals surface area contributed by atoms with Crippen molar-refractivity contribution in [2.45, 2.75) is 39.8 Å². The molecule has 2 unspecified atom stereocenters. The minimum Gasteiger partial charge on any atom is -0.444 e. The Morgan fingerprint density at radius 1 is 1.29 bits per heavy atom. The van der Waals surface area contributed by atoms with Gasteiger partial charge in [0.2, 0.25) is 5.89 Å². The third-order valence-corrected chi connectivity index (χ3v) is 5.70. The predicted molar refractivity (Wildman–Crippen MR) is 134 cm³/mol. The smallest absolute Gasteiger partial charge is 0.226 e. The van der Waals surface area contributed by atoms with Crippen LogP contribution in [-0.4, -0.2) is 45.0 Å². The van der Waals surface area contributed by atoms with Crippen molar-refractivity contribution in [3.8, 4) is 11.5 Å². The van der Waals surface area contributed by atoms with E-state index in [1.54, 1.807) is 6.26 Å². The Hall–Kier alpha value is -2.36. The lowest BCUT2D eigenvalue weighted by molar-refractivity contribution is 0.189. The minimum absolute atomic E-state index is 0. The first-order valence-corrected chi connectivity index (χ1v) is 10.7.